The number of anilines is 2. The number of rotatable bonds is 5. The maximum Gasteiger partial charge on any atom is 0.149 e. The van der Waals surface area contributed by atoms with Gasteiger partial charge in [-0.2, -0.15) is 0 Å². The molecule has 0 bridgehead atoms. The Hall–Kier alpha value is -2.66. The van der Waals surface area contributed by atoms with Crippen molar-refractivity contribution in [2.24, 2.45) is 5.92 Å². The molecule has 1 aliphatic heterocycles. The molecule has 134 valence electrons. The number of methoxy groups -OCH3 is 1. The van der Waals surface area contributed by atoms with Gasteiger partial charge in [0.15, 0.2) is 0 Å². The molecule has 0 spiro atoms. The van der Waals surface area contributed by atoms with Gasteiger partial charge in [0.1, 0.15) is 11.6 Å². The smallest absolute Gasteiger partial charge is 0.149 e. The van der Waals surface area contributed by atoms with Crippen molar-refractivity contribution < 1.29 is 9.47 Å². The fourth-order valence-electron chi connectivity index (χ4n) is 3.39. The lowest BCUT2D eigenvalue weighted by Crippen LogP contribution is -2.18. The van der Waals surface area contributed by atoms with Gasteiger partial charge in [-0.3, -0.25) is 4.98 Å². The average Bonchev–Trinajstić information content (AvgIpc) is 2.70. The minimum absolute atomic E-state index is 0.653. The largest absolute Gasteiger partial charge is 0.497 e. The Labute approximate surface area is 153 Å². The van der Waals surface area contributed by atoms with Gasteiger partial charge in [-0.05, 0) is 48.9 Å². The molecule has 0 atom stereocenters. The van der Waals surface area contributed by atoms with Crippen LogP contribution in [0.5, 0.6) is 5.75 Å². The first kappa shape index (κ1) is 16.8. The first-order valence-corrected chi connectivity index (χ1v) is 9.05. The number of ether oxygens (including phenoxy) is 2. The molecule has 26 heavy (non-hydrogen) atoms. The number of fused-ring (bicyclic) bond motifs is 1. The lowest BCUT2D eigenvalue weighted by atomic mass is 9.91. The van der Waals surface area contributed by atoms with Crippen LogP contribution in [0.1, 0.15) is 18.4 Å². The summed E-state index contributed by atoms with van der Waals surface area (Å²) in [4.78, 5) is 9.17. The number of hydrogen-bond donors (Lipinski definition) is 1. The first-order chi connectivity index (χ1) is 12.8. The molecule has 0 unspecified atom stereocenters. The molecule has 5 heteroatoms. The molecule has 0 saturated carbocycles. The van der Waals surface area contributed by atoms with Gasteiger partial charge in [0.05, 0.1) is 24.3 Å². The van der Waals surface area contributed by atoms with Gasteiger partial charge in [0, 0.05) is 25.0 Å². The van der Waals surface area contributed by atoms with Crippen molar-refractivity contribution in [3.63, 3.8) is 0 Å². The summed E-state index contributed by atoms with van der Waals surface area (Å²) in [5.41, 5.74) is 4.07. The van der Waals surface area contributed by atoms with Crippen LogP contribution >= 0.6 is 0 Å². The van der Waals surface area contributed by atoms with E-state index in [2.05, 4.69) is 21.4 Å². The molecule has 1 aliphatic rings. The van der Waals surface area contributed by atoms with Crippen molar-refractivity contribution in [2.75, 3.05) is 25.6 Å². The summed E-state index contributed by atoms with van der Waals surface area (Å²) in [5.74, 6) is 2.22. The van der Waals surface area contributed by atoms with Crippen molar-refractivity contribution in [3.05, 3.63) is 54.2 Å². The fourth-order valence-corrected chi connectivity index (χ4v) is 3.39. The second-order valence-electron chi connectivity index (χ2n) is 6.65. The predicted molar refractivity (Wildman–Crippen MR) is 103 cm³/mol. The number of aromatic nitrogens is 2. The Kier molecular flexibility index (Phi) is 4.97. The molecule has 0 aliphatic carbocycles. The molecule has 5 nitrogen and oxygen atoms in total. The highest BCUT2D eigenvalue weighted by atomic mass is 16.5. The van der Waals surface area contributed by atoms with E-state index in [1.807, 2.05) is 36.4 Å². The van der Waals surface area contributed by atoms with Gasteiger partial charge in [-0.1, -0.05) is 18.2 Å². The molecule has 1 saturated heterocycles. The fraction of sp³-hybridized carbons (Fsp3) is 0.333. The summed E-state index contributed by atoms with van der Waals surface area (Å²) in [5, 5.41) is 3.44. The zero-order valence-corrected chi connectivity index (χ0v) is 14.9. The minimum Gasteiger partial charge on any atom is -0.497 e. The molecular formula is C21H23N3O2. The van der Waals surface area contributed by atoms with Gasteiger partial charge >= 0.3 is 0 Å². The zero-order chi connectivity index (χ0) is 17.8. The summed E-state index contributed by atoms with van der Waals surface area (Å²) in [6, 6.07) is 14.1. The summed E-state index contributed by atoms with van der Waals surface area (Å²) in [6.07, 6.45) is 5.03. The van der Waals surface area contributed by atoms with Crippen LogP contribution in [0.2, 0.25) is 0 Å². The maximum absolute atomic E-state index is 5.49. The molecule has 2 heterocycles. The lowest BCUT2D eigenvalue weighted by Gasteiger charge is -2.23. The van der Waals surface area contributed by atoms with E-state index in [0.717, 1.165) is 60.8 Å². The van der Waals surface area contributed by atoms with Crippen LogP contribution in [0.3, 0.4) is 0 Å². The first-order valence-electron chi connectivity index (χ1n) is 9.05. The molecule has 0 amide bonds. The third kappa shape index (κ3) is 3.78. The monoisotopic (exact) mass is 349 g/mol. The summed E-state index contributed by atoms with van der Waals surface area (Å²) in [6.45, 7) is 1.72. The third-order valence-corrected chi connectivity index (χ3v) is 4.88. The van der Waals surface area contributed by atoms with E-state index < -0.39 is 0 Å². The van der Waals surface area contributed by atoms with Crippen molar-refractivity contribution in [1.82, 2.24) is 9.97 Å². The second-order valence-corrected chi connectivity index (χ2v) is 6.65. The van der Waals surface area contributed by atoms with Crippen molar-refractivity contribution in [2.45, 2.75) is 19.3 Å². The lowest BCUT2D eigenvalue weighted by molar-refractivity contribution is 0.0666. The third-order valence-electron chi connectivity index (χ3n) is 4.88. The Balaban J connectivity index is 1.61. The van der Waals surface area contributed by atoms with E-state index in [1.54, 1.807) is 13.3 Å². The van der Waals surface area contributed by atoms with E-state index >= 15 is 0 Å². The molecule has 1 aromatic heterocycles. The van der Waals surface area contributed by atoms with E-state index in [4.69, 9.17) is 9.47 Å². The number of nitrogens with one attached hydrogen (secondary N) is 1. The SMILES string of the molecule is COc1ccc(CC2CCOCC2)c(Nc2cnc3ccccc3n2)c1. The van der Waals surface area contributed by atoms with E-state index in [1.165, 1.54) is 5.56 Å². The van der Waals surface area contributed by atoms with Gasteiger partial charge in [0.25, 0.3) is 0 Å². The Morgan fingerprint density at radius 3 is 2.73 bits per heavy atom. The number of benzene rings is 2. The summed E-state index contributed by atoms with van der Waals surface area (Å²) in [7, 11) is 1.69. The van der Waals surface area contributed by atoms with Crippen LogP contribution in [0, 0.1) is 5.92 Å². The molecule has 2 aromatic carbocycles. The molecule has 1 fully saturated rings. The van der Waals surface area contributed by atoms with Crippen LogP contribution in [-0.4, -0.2) is 30.3 Å². The predicted octanol–water partition coefficient (Wildman–Crippen LogP) is 4.35. The number of para-hydroxylation sites is 2. The standard InChI is InChI=1S/C21H23N3O2/c1-25-17-7-6-16(12-15-8-10-26-11-9-15)20(13-17)24-21-14-22-18-4-2-3-5-19(18)23-21/h2-7,13-15H,8-12H2,1H3,(H,23,24). The Morgan fingerprint density at radius 1 is 1.12 bits per heavy atom. The van der Waals surface area contributed by atoms with Gasteiger partial charge in [-0.15, -0.1) is 0 Å². The zero-order valence-electron chi connectivity index (χ0n) is 14.9. The highest BCUT2D eigenvalue weighted by Gasteiger charge is 2.17. The highest BCUT2D eigenvalue weighted by molar-refractivity contribution is 5.76. The van der Waals surface area contributed by atoms with Crippen LogP contribution in [-0.2, 0) is 11.2 Å². The van der Waals surface area contributed by atoms with E-state index in [0.29, 0.717) is 5.92 Å². The molecule has 3 aromatic rings. The second kappa shape index (κ2) is 7.70. The molecule has 0 radical (unpaired) electrons. The van der Waals surface area contributed by atoms with Crippen LogP contribution < -0.4 is 10.1 Å². The number of hydrogen-bond acceptors (Lipinski definition) is 5. The minimum atomic E-state index is 0.653. The van der Waals surface area contributed by atoms with E-state index in [9.17, 15) is 0 Å². The average molecular weight is 349 g/mol. The Morgan fingerprint density at radius 2 is 1.92 bits per heavy atom. The van der Waals surface area contributed by atoms with Crippen molar-refractivity contribution in [3.8, 4) is 5.75 Å². The van der Waals surface area contributed by atoms with Crippen molar-refractivity contribution >= 4 is 22.5 Å². The van der Waals surface area contributed by atoms with Gasteiger partial charge < -0.3 is 14.8 Å². The van der Waals surface area contributed by atoms with E-state index in [-0.39, 0.29) is 0 Å². The Bertz CT molecular complexity index is 891. The van der Waals surface area contributed by atoms with Gasteiger partial charge in [-0.25, -0.2) is 4.98 Å². The van der Waals surface area contributed by atoms with Crippen molar-refractivity contribution in [1.29, 1.82) is 0 Å². The molecular weight excluding hydrogens is 326 g/mol. The van der Waals surface area contributed by atoms with Crippen LogP contribution in [0.4, 0.5) is 11.5 Å². The topological polar surface area (TPSA) is 56.3 Å². The van der Waals surface area contributed by atoms with Crippen LogP contribution in [0.15, 0.2) is 48.7 Å². The molecule has 4 rings (SSSR count). The number of nitrogens with zero attached hydrogens (tertiary/aromatic N) is 2. The van der Waals surface area contributed by atoms with Crippen LogP contribution in [0.25, 0.3) is 11.0 Å². The molecule has 1 N–H and O–H groups in total. The quantitative estimate of drug-likeness (QED) is 0.742. The summed E-state index contributed by atoms with van der Waals surface area (Å²) < 4.78 is 10.9. The highest BCUT2D eigenvalue weighted by Crippen LogP contribution is 2.30. The summed E-state index contributed by atoms with van der Waals surface area (Å²) >= 11 is 0. The maximum atomic E-state index is 5.49. The van der Waals surface area contributed by atoms with Gasteiger partial charge in [0.2, 0.25) is 0 Å². The normalized spacial score (nSPS) is 15.1.